The van der Waals surface area contributed by atoms with Crippen LogP contribution in [0.25, 0.3) is 44.3 Å². The van der Waals surface area contributed by atoms with Crippen molar-refractivity contribution in [3.8, 4) is 34.1 Å². The number of nitrogens with zero attached hydrogens (tertiary/aromatic N) is 3. The maximum absolute atomic E-state index is 9.55. The van der Waals surface area contributed by atoms with Gasteiger partial charge in [-0.15, -0.1) is 0 Å². The lowest BCUT2D eigenvalue weighted by atomic mass is 9.59. The first-order valence-electron chi connectivity index (χ1n) is 22.0. The van der Waals surface area contributed by atoms with Crippen molar-refractivity contribution in [2.24, 2.45) is 4.99 Å². The first kappa shape index (κ1) is 37.7. The Bertz CT molecular complexity index is 3320. The van der Waals surface area contributed by atoms with E-state index in [2.05, 4.69) is 219 Å². The van der Waals surface area contributed by atoms with Gasteiger partial charge in [-0.1, -0.05) is 164 Å². The second kappa shape index (κ2) is 14.5. The summed E-state index contributed by atoms with van der Waals surface area (Å²) in [5.41, 5.74) is 17.0. The van der Waals surface area contributed by atoms with Crippen LogP contribution in [0.15, 0.2) is 217 Å². The van der Waals surface area contributed by atoms with Gasteiger partial charge in [0.25, 0.3) is 0 Å². The van der Waals surface area contributed by atoms with E-state index in [-0.39, 0.29) is 6.17 Å². The molecule has 0 radical (unpaired) electrons. The Balaban J connectivity index is 0.990. The van der Waals surface area contributed by atoms with Crippen LogP contribution in [0.3, 0.4) is 0 Å². The Hall–Kier alpha value is -8.00. The molecule has 2 heterocycles. The van der Waals surface area contributed by atoms with Gasteiger partial charge in [-0.05, 0) is 127 Å². The third-order valence-electron chi connectivity index (χ3n) is 13.9. The molecule has 2 aliphatic heterocycles. The number of benzene rings is 8. The van der Waals surface area contributed by atoms with Crippen molar-refractivity contribution in [2.45, 2.75) is 30.5 Å². The second-order valence-electron chi connectivity index (χ2n) is 17.6. The van der Waals surface area contributed by atoms with Crippen molar-refractivity contribution in [1.29, 1.82) is 5.26 Å². The lowest BCUT2D eigenvalue weighted by Crippen LogP contribution is -2.50. The molecule has 2 aliphatic carbocycles. The van der Waals surface area contributed by atoms with E-state index < -0.39 is 11.0 Å². The molecule has 1 spiro atoms. The fraction of sp³-hybridized carbons (Fsp3) is 0.100. The molecule has 0 fully saturated rings. The fourth-order valence-corrected chi connectivity index (χ4v) is 10.8. The smallest absolute Gasteiger partial charge is 0.147 e. The summed E-state index contributed by atoms with van der Waals surface area (Å²) in [5, 5.41) is 11.7. The average molecular weight is 822 g/mol. The van der Waals surface area contributed by atoms with Crippen LogP contribution in [0.2, 0.25) is 0 Å². The minimum atomic E-state index is -0.598. The van der Waals surface area contributed by atoms with E-state index in [9.17, 15) is 5.26 Å². The summed E-state index contributed by atoms with van der Waals surface area (Å²) in [4.78, 5) is 7.55. The van der Waals surface area contributed by atoms with Gasteiger partial charge in [0.1, 0.15) is 17.5 Å². The number of hydrogen-bond acceptors (Lipinski definition) is 4. The summed E-state index contributed by atoms with van der Waals surface area (Å²) in [6, 6.07) is 69.6. The van der Waals surface area contributed by atoms with Crippen LogP contribution in [0.5, 0.6) is 5.75 Å². The lowest BCUT2D eigenvalue weighted by Gasteiger charge is -2.50. The summed E-state index contributed by atoms with van der Waals surface area (Å²) in [5.74, 6) is 0.913. The summed E-state index contributed by atoms with van der Waals surface area (Å²) in [6.45, 7) is 2.27. The van der Waals surface area contributed by atoms with Crippen molar-refractivity contribution >= 4 is 27.8 Å². The molecule has 2 unspecified atom stereocenters. The molecule has 0 amide bonds. The number of nitriles is 1. The molecule has 0 bridgehead atoms. The minimum Gasteiger partial charge on any atom is -0.482 e. The maximum Gasteiger partial charge on any atom is 0.147 e. The Labute approximate surface area is 374 Å². The maximum atomic E-state index is 9.55. The predicted octanol–water partition coefficient (Wildman–Crippen LogP) is 13.7. The molecule has 0 aromatic heterocycles. The second-order valence-corrected chi connectivity index (χ2v) is 17.6. The molecule has 12 rings (SSSR count). The number of aliphatic imine (C=N–C) groups is 1. The van der Waals surface area contributed by atoms with Gasteiger partial charge in [-0.2, -0.15) is 5.26 Å². The van der Waals surface area contributed by atoms with E-state index in [1.165, 1.54) is 33.4 Å². The van der Waals surface area contributed by atoms with E-state index in [0.29, 0.717) is 5.56 Å². The normalized spacial score (nSPS) is 18.9. The van der Waals surface area contributed by atoms with Crippen LogP contribution in [0.4, 0.5) is 0 Å². The minimum absolute atomic E-state index is 0.154. The third-order valence-corrected chi connectivity index (χ3v) is 13.9. The number of allylic oxidation sites excluding steroid dienone is 3. The standard InChI is InChI=1S/C60H43N3O/c1-59-32-31-48(46-28-27-44-33-39(38-61)21-22-45(44)34-46)36-57(59)60(51-19-11-9-17-49(51)50-18-10-12-20-52(50)60)53-35-47(29-30-56(53)64-59)40-23-25-42(26-24-40)55-37-54(41-13-5-3-6-14-41)62-58(63(55)2)43-15-7-4-8-16-43/h3-31,33-37,58H,32H2,1-2H3. The van der Waals surface area contributed by atoms with Crippen LogP contribution in [-0.2, 0) is 5.41 Å². The van der Waals surface area contributed by atoms with Crippen LogP contribution in [-0.4, -0.2) is 23.3 Å². The summed E-state index contributed by atoms with van der Waals surface area (Å²) in [6.07, 6.45) is 7.55. The van der Waals surface area contributed by atoms with Crippen molar-refractivity contribution in [3.63, 3.8) is 0 Å². The highest BCUT2D eigenvalue weighted by molar-refractivity contribution is 6.13. The van der Waals surface area contributed by atoms with E-state index >= 15 is 0 Å². The van der Waals surface area contributed by atoms with Gasteiger partial charge in [0.2, 0.25) is 0 Å². The molecule has 4 aliphatic rings. The quantitative estimate of drug-likeness (QED) is 0.174. The molecule has 8 aromatic rings. The fourth-order valence-electron chi connectivity index (χ4n) is 10.8. The molecule has 2 atom stereocenters. The van der Waals surface area contributed by atoms with Crippen LogP contribution >= 0.6 is 0 Å². The van der Waals surface area contributed by atoms with Crippen LogP contribution < -0.4 is 4.74 Å². The highest BCUT2D eigenvalue weighted by Gasteiger charge is 2.58. The SMILES string of the molecule is CN1C(c2ccc(-c3ccc4c(c3)C3(C5=CC(c6ccc7cc(C#N)ccc7c6)=CCC5(C)O4)c4ccccc4-c4ccccc43)cc2)=CC(c2ccccc2)=NC1c1ccccc1. The topological polar surface area (TPSA) is 48.6 Å². The number of ether oxygens (including phenoxy) is 1. The molecule has 64 heavy (non-hydrogen) atoms. The molecule has 0 saturated heterocycles. The van der Waals surface area contributed by atoms with E-state index in [1.54, 1.807) is 0 Å². The largest absolute Gasteiger partial charge is 0.482 e. The Morgan fingerprint density at radius 1 is 0.594 bits per heavy atom. The van der Waals surface area contributed by atoms with Gasteiger partial charge in [-0.25, -0.2) is 0 Å². The first-order valence-corrected chi connectivity index (χ1v) is 22.0. The molecule has 304 valence electrons. The number of hydrogen-bond donors (Lipinski definition) is 0. The van der Waals surface area contributed by atoms with Crippen molar-refractivity contribution < 1.29 is 4.74 Å². The molecular weight excluding hydrogens is 779 g/mol. The van der Waals surface area contributed by atoms with Crippen molar-refractivity contribution in [1.82, 2.24) is 4.90 Å². The Kier molecular flexibility index (Phi) is 8.58. The molecule has 8 aromatic carbocycles. The molecular formula is C60H43N3O. The van der Waals surface area contributed by atoms with Gasteiger partial charge in [0, 0.05) is 24.7 Å². The highest BCUT2D eigenvalue weighted by atomic mass is 16.5. The van der Waals surface area contributed by atoms with Gasteiger partial charge in [0.05, 0.1) is 22.8 Å². The average Bonchev–Trinajstić information content (AvgIpc) is 3.64. The van der Waals surface area contributed by atoms with Crippen LogP contribution in [0.1, 0.15) is 64.0 Å². The zero-order valence-electron chi connectivity index (χ0n) is 35.7. The Morgan fingerprint density at radius 3 is 1.95 bits per heavy atom. The predicted molar refractivity (Wildman–Crippen MR) is 260 cm³/mol. The first-order chi connectivity index (χ1) is 31.4. The third kappa shape index (κ3) is 5.78. The lowest BCUT2D eigenvalue weighted by molar-refractivity contribution is 0.102. The highest BCUT2D eigenvalue weighted by Crippen LogP contribution is 2.64. The number of fused-ring (bicyclic) bond motifs is 10. The van der Waals surface area contributed by atoms with Gasteiger partial charge < -0.3 is 9.64 Å². The molecule has 4 heteroatoms. The van der Waals surface area contributed by atoms with Gasteiger partial charge >= 0.3 is 0 Å². The summed E-state index contributed by atoms with van der Waals surface area (Å²) < 4.78 is 7.25. The van der Waals surface area contributed by atoms with E-state index in [0.717, 1.165) is 73.3 Å². The molecule has 0 N–H and O–H groups in total. The summed E-state index contributed by atoms with van der Waals surface area (Å²) >= 11 is 0. The van der Waals surface area contributed by atoms with E-state index in [4.69, 9.17) is 9.73 Å². The monoisotopic (exact) mass is 821 g/mol. The Morgan fingerprint density at radius 2 is 1.22 bits per heavy atom. The van der Waals surface area contributed by atoms with E-state index in [1.807, 2.05) is 12.1 Å². The zero-order chi connectivity index (χ0) is 43.0. The molecule has 4 nitrogen and oxygen atoms in total. The molecule has 0 saturated carbocycles. The summed E-state index contributed by atoms with van der Waals surface area (Å²) in [7, 11) is 2.14. The van der Waals surface area contributed by atoms with Gasteiger partial charge in [-0.3, -0.25) is 4.99 Å². The van der Waals surface area contributed by atoms with Crippen LogP contribution in [0, 0.1) is 11.3 Å². The van der Waals surface area contributed by atoms with Crippen molar-refractivity contribution in [3.05, 3.63) is 256 Å². The van der Waals surface area contributed by atoms with Crippen molar-refractivity contribution in [2.75, 3.05) is 7.05 Å². The van der Waals surface area contributed by atoms with Gasteiger partial charge in [0.15, 0.2) is 0 Å². The zero-order valence-corrected chi connectivity index (χ0v) is 35.7. The number of rotatable bonds is 5.